The van der Waals surface area contributed by atoms with Crippen molar-refractivity contribution >= 4 is 5.91 Å². The molecule has 1 heterocycles. The zero-order valence-electron chi connectivity index (χ0n) is 13.1. The van der Waals surface area contributed by atoms with Gasteiger partial charge in [-0.25, -0.2) is 0 Å². The second kappa shape index (κ2) is 5.41. The van der Waals surface area contributed by atoms with Crippen LogP contribution < -0.4 is 5.32 Å². The van der Waals surface area contributed by atoms with Crippen molar-refractivity contribution in [3.63, 3.8) is 0 Å². The second-order valence-corrected chi connectivity index (χ2v) is 6.97. The van der Waals surface area contributed by atoms with Crippen molar-refractivity contribution in [3.05, 3.63) is 0 Å². The van der Waals surface area contributed by atoms with Gasteiger partial charge in [-0.2, -0.15) is 0 Å². The summed E-state index contributed by atoms with van der Waals surface area (Å²) in [5.74, 6) is 0.883. The molecule has 0 radical (unpaired) electrons. The monoisotopic (exact) mass is 267 g/mol. The molecule has 4 nitrogen and oxygen atoms in total. The normalized spacial score (nSPS) is 30.3. The lowest BCUT2D eigenvalue weighted by Gasteiger charge is -2.50. The Hall–Kier alpha value is -0.610. The number of amides is 1. The van der Waals surface area contributed by atoms with E-state index in [0.29, 0.717) is 5.92 Å². The molecule has 1 amide bonds. The molecule has 2 aliphatic rings. The maximum Gasteiger partial charge on any atom is 0.240 e. The molecule has 2 rings (SSSR count). The molecule has 1 N–H and O–H groups in total. The summed E-state index contributed by atoms with van der Waals surface area (Å²) in [4.78, 5) is 16.8. The highest BCUT2D eigenvalue weighted by Gasteiger charge is 2.46. The van der Waals surface area contributed by atoms with E-state index in [4.69, 9.17) is 0 Å². The minimum atomic E-state index is -0.0250. The molecule has 0 aromatic rings. The molecule has 2 atom stereocenters. The Morgan fingerprint density at radius 1 is 1.42 bits per heavy atom. The van der Waals surface area contributed by atoms with E-state index >= 15 is 0 Å². The fraction of sp³-hybridized carbons (Fsp3) is 0.933. The number of hydrogen-bond donors (Lipinski definition) is 1. The Balaban J connectivity index is 2.09. The molecule has 0 spiro atoms. The minimum Gasteiger partial charge on any atom is -0.324 e. The average Bonchev–Trinajstić information content (AvgIpc) is 2.48. The molecule has 0 aromatic carbocycles. The van der Waals surface area contributed by atoms with Crippen LogP contribution in [0.2, 0.25) is 0 Å². The SMILES string of the molecule is CC(C)CC1NC(C)C(=O)N1CC1(N(C)C)CCC1. The molecule has 1 saturated heterocycles. The number of carbonyl (C=O) groups is 1. The lowest BCUT2D eigenvalue weighted by molar-refractivity contribution is -0.133. The summed E-state index contributed by atoms with van der Waals surface area (Å²) in [6, 6.07) is -0.0250. The quantitative estimate of drug-likeness (QED) is 0.823. The van der Waals surface area contributed by atoms with E-state index < -0.39 is 0 Å². The number of nitrogens with one attached hydrogen (secondary N) is 1. The maximum atomic E-state index is 12.4. The van der Waals surface area contributed by atoms with Gasteiger partial charge < -0.3 is 9.80 Å². The third-order valence-corrected chi connectivity index (χ3v) is 4.86. The number of rotatable bonds is 5. The Bertz CT molecular complexity index is 336. The van der Waals surface area contributed by atoms with Crippen molar-refractivity contribution in [2.75, 3.05) is 20.6 Å². The van der Waals surface area contributed by atoms with Crippen LogP contribution in [0.25, 0.3) is 0 Å². The fourth-order valence-corrected chi connectivity index (χ4v) is 3.33. The molecular formula is C15H29N3O. The molecular weight excluding hydrogens is 238 g/mol. The largest absolute Gasteiger partial charge is 0.324 e. The maximum absolute atomic E-state index is 12.4. The highest BCUT2D eigenvalue weighted by molar-refractivity contribution is 5.84. The summed E-state index contributed by atoms with van der Waals surface area (Å²) in [5, 5.41) is 3.45. The van der Waals surface area contributed by atoms with Crippen LogP contribution in [0.5, 0.6) is 0 Å². The summed E-state index contributed by atoms with van der Waals surface area (Å²) in [6.45, 7) is 7.31. The lowest BCUT2D eigenvalue weighted by atomic mass is 9.75. The summed E-state index contributed by atoms with van der Waals surface area (Å²) < 4.78 is 0. The van der Waals surface area contributed by atoms with Gasteiger partial charge in [0.25, 0.3) is 0 Å². The van der Waals surface area contributed by atoms with Crippen molar-refractivity contribution in [3.8, 4) is 0 Å². The Kier molecular flexibility index (Phi) is 4.21. The first-order chi connectivity index (χ1) is 8.85. The van der Waals surface area contributed by atoms with Crippen LogP contribution >= 0.6 is 0 Å². The van der Waals surface area contributed by atoms with Crippen molar-refractivity contribution in [1.82, 2.24) is 15.1 Å². The van der Waals surface area contributed by atoms with E-state index in [-0.39, 0.29) is 23.7 Å². The molecule has 0 bridgehead atoms. The van der Waals surface area contributed by atoms with Crippen LogP contribution in [0, 0.1) is 5.92 Å². The van der Waals surface area contributed by atoms with Gasteiger partial charge in [0.15, 0.2) is 0 Å². The van der Waals surface area contributed by atoms with Crippen LogP contribution in [-0.4, -0.2) is 54.1 Å². The van der Waals surface area contributed by atoms with Gasteiger partial charge >= 0.3 is 0 Å². The Labute approximate surface area is 117 Å². The number of likely N-dealkylation sites (N-methyl/N-ethyl adjacent to an activating group) is 1. The number of nitrogens with zero attached hydrogens (tertiary/aromatic N) is 2. The molecule has 1 aliphatic heterocycles. The van der Waals surface area contributed by atoms with Gasteiger partial charge in [-0.05, 0) is 52.6 Å². The van der Waals surface area contributed by atoms with Crippen LogP contribution in [-0.2, 0) is 4.79 Å². The van der Waals surface area contributed by atoms with Crippen LogP contribution in [0.1, 0.15) is 46.5 Å². The lowest BCUT2D eigenvalue weighted by Crippen LogP contribution is -2.59. The van der Waals surface area contributed by atoms with E-state index in [1.54, 1.807) is 0 Å². The van der Waals surface area contributed by atoms with Gasteiger partial charge in [0.2, 0.25) is 5.91 Å². The standard InChI is InChI=1S/C15H29N3O/c1-11(2)9-13-16-12(3)14(19)18(13)10-15(17(4)5)7-6-8-15/h11-13,16H,6-10H2,1-5H3. The first-order valence-electron chi connectivity index (χ1n) is 7.60. The fourth-order valence-electron chi connectivity index (χ4n) is 3.33. The molecule has 2 fully saturated rings. The second-order valence-electron chi connectivity index (χ2n) is 6.97. The van der Waals surface area contributed by atoms with Crippen molar-refractivity contribution in [2.24, 2.45) is 5.92 Å². The van der Waals surface area contributed by atoms with Crippen LogP contribution in [0.15, 0.2) is 0 Å². The summed E-state index contributed by atoms with van der Waals surface area (Å²) in [7, 11) is 4.29. The minimum absolute atomic E-state index is 0.0250. The molecule has 4 heteroatoms. The molecule has 19 heavy (non-hydrogen) atoms. The number of hydrogen-bond acceptors (Lipinski definition) is 3. The van der Waals surface area contributed by atoms with Gasteiger partial charge in [0.1, 0.15) is 0 Å². The molecule has 0 aromatic heterocycles. The predicted molar refractivity (Wildman–Crippen MR) is 77.8 cm³/mol. The first kappa shape index (κ1) is 14.8. The summed E-state index contributed by atoms with van der Waals surface area (Å²) in [5.41, 5.74) is 0.219. The molecule has 1 saturated carbocycles. The zero-order chi connectivity index (χ0) is 14.2. The third kappa shape index (κ3) is 2.79. The average molecular weight is 267 g/mol. The van der Waals surface area contributed by atoms with Crippen molar-refractivity contribution < 1.29 is 4.79 Å². The molecule has 110 valence electrons. The van der Waals surface area contributed by atoms with Gasteiger partial charge in [-0.3, -0.25) is 10.1 Å². The number of carbonyl (C=O) groups excluding carboxylic acids is 1. The Morgan fingerprint density at radius 3 is 2.47 bits per heavy atom. The van der Waals surface area contributed by atoms with E-state index in [1.165, 1.54) is 19.3 Å². The van der Waals surface area contributed by atoms with Gasteiger partial charge in [0, 0.05) is 12.1 Å². The van der Waals surface area contributed by atoms with Gasteiger partial charge in [-0.1, -0.05) is 13.8 Å². The summed E-state index contributed by atoms with van der Waals surface area (Å²) >= 11 is 0. The first-order valence-corrected chi connectivity index (χ1v) is 7.60. The smallest absolute Gasteiger partial charge is 0.240 e. The predicted octanol–water partition coefficient (Wildman–Crippen LogP) is 1.66. The van der Waals surface area contributed by atoms with E-state index in [2.05, 4.69) is 43.1 Å². The van der Waals surface area contributed by atoms with Crippen molar-refractivity contribution in [2.45, 2.75) is 64.2 Å². The van der Waals surface area contributed by atoms with E-state index in [0.717, 1.165) is 13.0 Å². The van der Waals surface area contributed by atoms with Crippen LogP contribution in [0.3, 0.4) is 0 Å². The highest BCUT2D eigenvalue weighted by Crippen LogP contribution is 2.38. The van der Waals surface area contributed by atoms with Gasteiger partial charge in [-0.15, -0.1) is 0 Å². The highest BCUT2D eigenvalue weighted by atomic mass is 16.2. The van der Waals surface area contributed by atoms with Crippen LogP contribution in [0.4, 0.5) is 0 Å². The topological polar surface area (TPSA) is 35.6 Å². The molecule has 1 aliphatic carbocycles. The summed E-state index contributed by atoms with van der Waals surface area (Å²) in [6.07, 6.45) is 4.98. The van der Waals surface area contributed by atoms with E-state index in [9.17, 15) is 4.79 Å². The van der Waals surface area contributed by atoms with Crippen molar-refractivity contribution in [1.29, 1.82) is 0 Å². The van der Waals surface area contributed by atoms with E-state index in [1.807, 2.05) is 6.92 Å². The Morgan fingerprint density at radius 2 is 2.05 bits per heavy atom. The molecule has 2 unspecified atom stereocenters. The third-order valence-electron chi connectivity index (χ3n) is 4.86. The van der Waals surface area contributed by atoms with Gasteiger partial charge in [0.05, 0.1) is 12.2 Å². The zero-order valence-corrected chi connectivity index (χ0v) is 13.1.